The zero-order valence-corrected chi connectivity index (χ0v) is 23.8. The van der Waals surface area contributed by atoms with Crippen LogP contribution in [0.2, 0.25) is 0 Å². The lowest BCUT2D eigenvalue weighted by molar-refractivity contribution is -0.141. The Labute approximate surface area is 232 Å². The zero-order valence-electron chi connectivity index (χ0n) is 23.8. The molecule has 3 aliphatic carbocycles. The topological polar surface area (TPSA) is 99.8 Å². The van der Waals surface area contributed by atoms with Gasteiger partial charge in [-0.3, -0.25) is 14.4 Å². The summed E-state index contributed by atoms with van der Waals surface area (Å²) in [6.45, 7) is 4.87. The van der Waals surface area contributed by atoms with Gasteiger partial charge in [0.25, 0.3) is 0 Å². The van der Waals surface area contributed by atoms with Gasteiger partial charge in [-0.25, -0.2) is 4.39 Å². The summed E-state index contributed by atoms with van der Waals surface area (Å²) < 4.78 is 20.0. The molecule has 3 N–H and O–H groups in total. The summed E-state index contributed by atoms with van der Waals surface area (Å²) in [5, 5.41) is 9.40. The van der Waals surface area contributed by atoms with Gasteiger partial charge in [-0.15, -0.1) is 0 Å². The maximum atomic E-state index is 13.5. The van der Waals surface area contributed by atoms with Crippen molar-refractivity contribution < 1.29 is 23.5 Å². The first kappa shape index (κ1) is 29.7. The second kappa shape index (κ2) is 13.9. The number of likely N-dealkylation sites (N-methyl/N-ethyl adjacent to an activating group) is 1. The minimum atomic E-state index is -0.768. The number of ether oxygens (including phenoxy) is 1. The largest absolute Gasteiger partial charge is 0.374 e. The van der Waals surface area contributed by atoms with E-state index in [4.69, 9.17) is 4.74 Å². The first-order valence-corrected chi connectivity index (χ1v) is 15.0. The van der Waals surface area contributed by atoms with Crippen LogP contribution in [0.1, 0.15) is 78.1 Å². The molecule has 3 unspecified atom stereocenters. The third-order valence-electron chi connectivity index (χ3n) is 8.90. The molecule has 3 amide bonds. The van der Waals surface area contributed by atoms with E-state index in [1.165, 1.54) is 29.9 Å². The smallest absolute Gasteiger partial charge is 0.243 e. The van der Waals surface area contributed by atoms with Crippen LogP contribution in [0.15, 0.2) is 24.1 Å². The van der Waals surface area contributed by atoms with E-state index in [1.54, 1.807) is 20.0 Å². The Morgan fingerprint density at radius 2 is 1.74 bits per heavy atom. The van der Waals surface area contributed by atoms with Crippen LogP contribution < -0.4 is 16.0 Å². The summed E-state index contributed by atoms with van der Waals surface area (Å²) in [7, 11) is 1.65. The van der Waals surface area contributed by atoms with Crippen LogP contribution in [0.5, 0.6) is 0 Å². The van der Waals surface area contributed by atoms with Gasteiger partial charge < -0.3 is 25.6 Å². The number of nitrogens with zero attached hydrogens (tertiary/aromatic N) is 1. The van der Waals surface area contributed by atoms with E-state index in [0.717, 1.165) is 38.5 Å². The van der Waals surface area contributed by atoms with Crippen LogP contribution in [0, 0.1) is 17.8 Å². The molecule has 9 heteroatoms. The monoisotopic (exact) mass is 546 g/mol. The van der Waals surface area contributed by atoms with E-state index in [0.29, 0.717) is 31.8 Å². The van der Waals surface area contributed by atoms with E-state index in [-0.39, 0.29) is 53.6 Å². The summed E-state index contributed by atoms with van der Waals surface area (Å²) in [5.41, 5.74) is 0. The fourth-order valence-electron chi connectivity index (χ4n) is 6.13. The number of fused-ring (bicyclic) bond motifs is 1. The van der Waals surface area contributed by atoms with Gasteiger partial charge in [-0.1, -0.05) is 18.9 Å². The summed E-state index contributed by atoms with van der Waals surface area (Å²) in [4.78, 5) is 41.6. The molecule has 1 saturated heterocycles. The molecule has 0 spiro atoms. The highest BCUT2D eigenvalue weighted by atomic mass is 19.1. The van der Waals surface area contributed by atoms with Gasteiger partial charge >= 0.3 is 0 Å². The molecule has 1 heterocycles. The van der Waals surface area contributed by atoms with Crippen molar-refractivity contribution in [1.29, 1.82) is 0 Å². The number of hydrogen-bond donors (Lipinski definition) is 3. The van der Waals surface area contributed by atoms with Crippen molar-refractivity contribution in [2.75, 3.05) is 20.1 Å². The number of carbonyl (C=O) groups excluding carboxylic acids is 3. The molecule has 1 aliphatic heterocycles. The number of rotatable bonds is 3. The quantitative estimate of drug-likeness (QED) is 0.504. The Kier molecular flexibility index (Phi) is 10.6. The fraction of sp³-hybridized carbons (Fsp3) is 0.767. The molecule has 39 heavy (non-hydrogen) atoms. The molecule has 218 valence electrons. The average Bonchev–Trinajstić information content (AvgIpc) is 3.76. The summed E-state index contributed by atoms with van der Waals surface area (Å²) in [6, 6.07) is -1.87. The van der Waals surface area contributed by atoms with Crippen molar-refractivity contribution in [3.05, 3.63) is 24.1 Å². The predicted octanol–water partition coefficient (Wildman–Crippen LogP) is 3.38. The molecule has 0 aromatic carbocycles. The molecule has 0 radical (unpaired) electrons. The second-order valence-electron chi connectivity index (χ2n) is 12.1. The first-order chi connectivity index (χ1) is 18.7. The molecule has 0 aromatic rings. The average molecular weight is 547 g/mol. The summed E-state index contributed by atoms with van der Waals surface area (Å²) >= 11 is 0. The van der Waals surface area contributed by atoms with Gasteiger partial charge in [0, 0.05) is 20.1 Å². The number of hydrogen-bond acceptors (Lipinski definition) is 5. The highest BCUT2D eigenvalue weighted by molar-refractivity contribution is 5.93. The highest BCUT2D eigenvalue weighted by Gasteiger charge is 2.40. The molecule has 0 bridgehead atoms. The second-order valence-corrected chi connectivity index (χ2v) is 12.1. The Hall–Kier alpha value is -2.26. The lowest BCUT2D eigenvalue weighted by Gasteiger charge is -2.35. The third kappa shape index (κ3) is 8.37. The van der Waals surface area contributed by atoms with Crippen LogP contribution in [-0.4, -0.2) is 73.1 Å². The van der Waals surface area contributed by atoms with Crippen LogP contribution in [0.3, 0.4) is 0 Å². The molecule has 4 rings (SSSR count). The maximum Gasteiger partial charge on any atom is 0.243 e. The van der Waals surface area contributed by atoms with Crippen molar-refractivity contribution in [1.82, 2.24) is 20.9 Å². The number of amides is 3. The van der Waals surface area contributed by atoms with Gasteiger partial charge in [-0.05, 0) is 95.1 Å². The van der Waals surface area contributed by atoms with Crippen molar-refractivity contribution >= 4 is 17.7 Å². The highest BCUT2D eigenvalue weighted by Crippen LogP contribution is 2.34. The predicted molar refractivity (Wildman–Crippen MR) is 148 cm³/mol. The Morgan fingerprint density at radius 3 is 2.46 bits per heavy atom. The number of allylic oxidation sites excluding steroid dienone is 4. The zero-order chi connectivity index (χ0) is 27.9. The molecule has 3 fully saturated rings. The van der Waals surface area contributed by atoms with Crippen LogP contribution in [0.4, 0.5) is 4.39 Å². The molecular formula is C30H47FN4O4. The minimum absolute atomic E-state index is 0.0211. The standard InChI is InChI=1S/C30H47FN4O4/c1-19-18-33-27(23-12-13-23)30(38)35(3)20(2)28(36)34-25(17-21-10-14-24(31)15-11-21)29(37)32-16-6-8-22-7-4-5-9-26(22)39-19/h10,14-15,19-23,25-27,33H,4-9,11-13,16-18H2,1-3H3,(H,32,37)(H,34,36)/t19-,20-,21?,22?,25-,26?,27+/m1/s1. The van der Waals surface area contributed by atoms with Crippen LogP contribution >= 0.6 is 0 Å². The van der Waals surface area contributed by atoms with E-state index < -0.39 is 12.1 Å². The van der Waals surface area contributed by atoms with Crippen molar-refractivity contribution in [2.45, 2.75) is 108 Å². The molecule has 2 saturated carbocycles. The Morgan fingerprint density at radius 1 is 1.00 bits per heavy atom. The Bertz CT molecular complexity index is 936. The van der Waals surface area contributed by atoms with E-state index in [9.17, 15) is 18.8 Å². The third-order valence-corrected chi connectivity index (χ3v) is 8.90. The first-order valence-electron chi connectivity index (χ1n) is 15.0. The van der Waals surface area contributed by atoms with Crippen LogP contribution in [-0.2, 0) is 19.1 Å². The van der Waals surface area contributed by atoms with Gasteiger partial charge in [-0.2, -0.15) is 0 Å². The SMILES string of the molecule is C[C@@H]1CN[C@@H](C2CC2)C(=O)N(C)[C@H](C)C(=O)N[C@H](CC2C=CC(F)=CC2)C(=O)NCCCC2CCCCC2O1. The lowest BCUT2D eigenvalue weighted by Crippen LogP contribution is -2.57. The van der Waals surface area contributed by atoms with Crippen molar-refractivity contribution in [3.63, 3.8) is 0 Å². The molecule has 8 nitrogen and oxygen atoms in total. The molecular weight excluding hydrogens is 499 g/mol. The number of nitrogens with one attached hydrogen (secondary N) is 3. The van der Waals surface area contributed by atoms with E-state index >= 15 is 0 Å². The summed E-state index contributed by atoms with van der Waals surface area (Å²) in [5.74, 6) is -0.340. The van der Waals surface area contributed by atoms with Crippen molar-refractivity contribution in [2.24, 2.45) is 17.8 Å². The van der Waals surface area contributed by atoms with E-state index in [2.05, 4.69) is 22.9 Å². The van der Waals surface area contributed by atoms with Gasteiger partial charge in [0.05, 0.1) is 18.2 Å². The maximum absolute atomic E-state index is 13.5. The Balaban J connectivity index is 1.50. The van der Waals surface area contributed by atoms with Gasteiger partial charge in [0.15, 0.2) is 0 Å². The molecule has 0 aromatic heterocycles. The van der Waals surface area contributed by atoms with Crippen molar-refractivity contribution in [3.8, 4) is 0 Å². The number of halogens is 1. The molecule has 7 atom stereocenters. The van der Waals surface area contributed by atoms with Crippen LogP contribution in [0.25, 0.3) is 0 Å². The number of carbonyl (C=O) groups is 3. The minimum Gasteiger partial charge on any atom is -0.374 e. The lowest BCUT2D eigenvalue weighted by atomic mass is 9.83. The normalized spacial score (nSPS) is 36.2. The van der Waals surface area contributed by atoms with Gasteiger partial charge in [0.2, 0.25) is 17.7 Å². The van der Waals surface area contributed by atoms with E-state index in [1.807, 2.05) is 0 Å². The fourth-order valence-corrected chi connectivity index (χ4v) is 6.13. The summed E-state index contributed by atoms with van der Waals surface area (Å²) in [6.07, 6.45) is 14.0. The van der Waals surface area contributed by atoms with Gasteiger partial charge in [0.1, 0.15) is 17.9 Å². The molecule has 4 aliphatic rings.